The topological polar surface area (TPSA) is 50.4 Å². The third-order valence-electron chi connectivity index (χ3n) is 4.62. The van der Waals surface area contributed by atoms with Crippen LogP contribution in [0.4, 0.5) is 4.39 Å². The second-order valence-corrected chi connectivity index (χ2v) is 6.15. The molecule has 2 unspecified atom stereocenters. The molecule has 2 atom stereocenters. The Labute approximate surface area is 142 Å². The van der Waals surface area contributed by atoms with E-state index in [9.17, 15) is 9.18 Å². The summed E-state index contributed by atoms with van der Waals surface area (Å²) in [4.78, 5) is 12.5. The molecule has 0 aromatic heterocycles. The fourth-order valence-corrected chi connectivity index (χ4v) is 3.41. The van der Waals surface area contributed by atoms with Gasteiger partial charge in [-0.15, -0.1) is 12.4 Å². The van der Waals surface area contributed by atoms with Gasteiger partial charge in [-0.05, 0) is 36.5 Å². The van der Waals surface area contributed by atoms with Gasteiger partial charge in [-0.2, -0.15) is 0 Å². The van der Waals surface area contributed by atoms with Crippen molar-refractivity contribution in [2.45, 2.75) is 37.8 Å². The van der Waals surface area contributed by atoms with E-state index in [1.807, 2.05) is 0 Å². The highest BCUT2D eigenvalue weighted by Crippen LogP contribution is 2.35. The summed E-state index contributed by atoms with van der Waals surface area (Å²) in [6, 6.07) is 6.42. The van der Waals surface area contributed by atoms with E-state index in [1.165, 1.54) is 25.0 Å². The molecule has 0 spiro atoms. The van der Waals surface area contributed by atoms with Crippen LogP contribution in [0.1, 0.15) is 37.3 Å². The molecule has 23 heavy (non-hydrogen) atoms. The largest absolute Gasteiger partial charge is 0.366 e. The van der Waals surface area contributed by atoms with Crippen LogP contribution in [0, 0.1) is 11.7 Å². The first-order valence-corrected chi connectivity index (χ1v) is 8.12. The number of carbonyl (C=O) groups is 1. The molecule has 1 heterocycles. The molecule has 1 aromatic carbocycles. The number of ether oxygens (including phenoxy) is 1. The molecule has 1 amide bonds. The van der Waals surface area contributed by atoms with Gasteiger partial charge in [0.15, 0.2) is 0 Å². The van der Waals surface area contributed by atoms with Gasteiger partial charge in [-0.25, -0.2) is 4.39 Å². The van der Waals surface area contributed by atoms with Crippen LogP contribution in [-0.2, 0) is 9.53 Å². The highest BCUT2D eigenvalue weighted by atomic mass is 35.5. The Kier molecular flexibility index (Phi) is 6.81. The molecular formula is C17H24ClFN2O2. The van der Waals surface area contributed by atoms with E-state index in [4.69, 9.17) is 4.74 Å². The average Bonchev–Trinajstić information content (AvgIpc) is 3.08. The highest BCUT2D eigenvalue weighted by Gasteiger charge is 2.30. The lowest BCUT2D eigenvalue weighted by atomic mass is 9.91. The first kappa shape index (κ1) is 18.2. The van der Waals surface area contributed by atoms with Crippen molar-refractivity contribution in [2.24, 2.45) is 5.92 Å². The standard InChI is InChI=1S/C17H23FN2O2.ClH/c18-14-7-5-13(6-8-14)16(12-3-1-2-4-12)20-17(21)15-11-19-9-10-22-15;/h5-8,12,15-16,19H,1-4,9-11H2,(H,20,21);1H. The lowest BCUT2D eigenvalue weighted by Gasteiger charge is -2.29. The van der Waals surface area contributed by atoms with Gasteiger partial charge in [0.05, 0.1) is 12.6 Å². The van der Waals surface area contributed by atoms with Gasteiger partial charge < -0.3 is 15.4 Å². The summed E-state index contributed by atoms with van der Waals surface area (Å²) in [5.74, 6) is 0.0967. The summed E-state index contributed by atoms with van der Waals surface area (Å²) < 4.78 is 18.7. The van der Waals surface area contributed by atoms with Crippen LogP contribution in [0.15, 0.2) is 24.3 Å². The zero-order valence-electron chi connectivity index (χ0n) is 13.1. The Morgan fingerprint density at radius 3 is 2.57 bits per heavy atom. The van der Waals surface area contributed by atoms with Crippen LogP contribution in [0.25, 0.3) is 0 Å². The van der Waals surface area contributed by atoms with Crippen molar-refractivity contribution in [2.75, 3.05) is 19.7 Å². The van der Waals surface area contributed by atoms with Crippen LogP contribution in [-0.4, -0.2) is 31.7 Å². The zero-order chi connectivity index (χ0) is 15.4. The molecule has 0 bridgehead atoms. The summed E-state index contributed by atoms with van der Waals surface area (Å²) in [5, 5.41) is 6.31. The van der Waals surface area contributed by atoms with Gasteiger partial charge >= 0.3 is 0 Å². The van der Waals surface area contributed by atoms with Crippen LogP contribution < -0.4 is 10.6 Å². The number of nitrogens with one attached hydrogen (secondary N) is 2. The molecule has 1 aliphatic heterocycles. The fraction of sp³-hybridized carbons (Fsp3) is 0.588. The van der Waals surface area contributed by atoms with Gasteiger partial charge in [0.1, 0.15) is 11.9 Å². The van der Waals surface area contributed by atoms with Gasteiger partial charge in [0.2, 0.25) is 0 Å². The molecule has 2 fully saturated rings. The molecular weight excluding hydrogens is 319 g/mol. The lowest BCUT2D eigenvalue weighted by Crippen LogP contribution is -2.49. The average molecular weight is 343 g/mol. The number of rotatable bonds is 4. The zero-order valence-corrected chi connectivity index (χ0v) is 13.9. The van der Waals surface area contributed by atoms with Gasteiger partial charge in [0, 0.05) is 13.1 Å². The van der Waals surface area contributed by atoms with Crippen molar-refractivity contribution in [3.05, 3.63) is 35.6 Å². The molecule has 1 aliphatic carbocycles. The maximum absolute atomic E-state index is 13.2. The summed E-state index contributed by atoms with van der Waals surface area (Å²) in [7, 11) is 0. The third kappa shape index (κ3) is 4.66. The van der Waals surface area contributed by atoms with Crippen molar-refractivity contribution in [3.63, 3.8) is 0 Å². The number of hydrogen-bond donors (Lipinski definition) is 2. The van der Waals surface area contributed by atoms with E-state index in [-0.39, 0.29) is 30.2 Å². The normalized spacial score (nSPS) is 23.1. The van der Waals surface area contributed by atoms with Crippen LogP contribution in [0.5, 0.6) is 0 Å². The predicted octanol–water partition coefficient (Wildman–Crippen LogP) is 2.58. The number of benzene rings is 1. The molecule has 128 valence electrons. The summed E-state index contributed by atoms with van der Waals surface area (Å²) in [6.07, 6.45) is 4.16. The number of halogens is 2. The van der Waals surface area contributed by atoms with Crippen LogP contribution in [0.3, 0.4) is 0 Å². The minimum atomic E-state index is -0.432. The monoisotopic (exact) mass is 342 g/mol. The van der Waals surface area contributed by atoms with E-state index in [2.05, 4.69) is 10.6 Å². The number of morpholine rings is 1. The third-order valence-corrected chi connectivity index (χ3v) is 4.62. The number of carbonyl (C=O) groups excluding carboxylic acids is 1. The van der Waals surface area contributed by atoms with Crippen molar-refractivity contribution in [1.29, 1.82) is 0 Å². The fourth-order valence-electron chi connectivity index (χ4n) is 3.41. The molecule has 6 heteroatoms. The van der Waals surface area contributed by atoms with Crippen LogP contribution in [0.2, 0.25) is 0 Å². The van der Waals surface area contributed by atoms with Crippen molar-refractivity contribution in [1.82, 2.24) is 10.6 Å². The molecule has 1 saturated heterocycles. The SMILES string of the molecule is Cl.O=C(NC(c1ccc(F)cc1)C1CCCC1)C1CNCCO1. The Morgan fingerprint density at radius 2 is 1.96 bits per heavy atom. The minimum absolute atomic E-state index is 0. The van der Waals surface area contributed by atoms with E-state index in [0.29, 0.717) is 19.1 Å². The molecule has 2 aliphatic rings. The Hall–Kier alpha value is -1.17. The molecule has 1 aromatic rings. The minimum Gasteiger partial charge on any atom is -0.366 e. The molecule has 3 rings (SSSR count). The highest BCUT2D eigenvalue weighted by molar-refractivity contribution is 5.85. The Bertz CT molecular complexity index is 500. The first-order chi connectivity index (χ1) is 10.7. The van der Waals surface area contributed by atoms with Crippen LogP contribution >= 0.6 is 12.4 Å². The predicted molar refractivity (Wildman–Crippen MR) is 89.1 cm³/mol. The quantitative estimate of drug-likeness (QED) is 0.884. The summed E-state index contributed by atoms with van der Waals surface area (Å²) >= 11 is 0. The van der Waals surface area contributed by atoms with E-state index < -0.39 is 6.10 Å². The maximum atomic E-state index is 13.2. The Morgan fingerprint density at radius 1 is 1.26 bits per heavy atom. The van der Waals surface area contributed by atoms with Gasteiger partial charge in [-0.3, -0.25) is 4.79 Å². The number of amides is 1. The summed E-state index contributed by atoms with van der Waals surface area (Å²) in [5.41, 5.74) is 0.977. The molecule has 2 N–H and O–H groups in total. The Balaban J connectivity index is 0.00000192. The lowest BCUT2D eigenvalue weighted by molar-refractivity contribution is -0.135. The van der Waals surface area contributed by atoms with E-state index in [0.717, 1.165) is 24.9 Å². The van der Waals surface area contributed by atoms with Crippen molar-refractivity contribution < 1.29 is 13.9 Å². The maximum Gasteiger partial charge on any atom is 0.250 e. The molecule has 0 radical (unpaired) electrons. The second-order valence-electron chi connectivity index (χ2n) is 6.15. The van der Waals surface area contributed by atoms with Crippen molar-refractivity contribution >= 4 is 18.3 Å². The van der Waals surface area contributed by atoms with Gasteiger partial charge in [0.25, 0.3) is 5.91 Å². The molecule has 1 saturated carbocycles. The molecule has 4 nitrogen and oxygen atoms in total. The van der Waals surface area contributed by atoms with E-state index in [1.54, 1.807) is 12.1 Å². The summed E-state index contributed by atoms with van der Waals surface area (Å²) in [6.45, 7) is 1.89. The first-order valence-electron chi connectivity index (χ1n) is 8.12. The number of hydrogen-bond acceptors (Lipinski definition) is 3. The second kappa shape index (κ2) is 8.62. The van der Waals surface area contributed by atoms with Gasteiger partial charge in [-0.1, -0.05) is 25.0 Å². The smallest absolute Gasteiger partial charge is 0.250 e. The van der Waals surface area contributed by atoms with Crippen molar-refractivity contribution in [3.8, 4) is 0 Å². The van der Waals surface area contributed by atoms with E-state index >= 15 is 0 Å².